The molecule has 1 aromatic rings. The van der Waals surface area contributed by atoms with Crippen LogP contribution in [0.15, 0.2) is 53.2 Å². The number of aliphatic hydroxyl groups excluding tert-OH is 1. The number of alkyl halides is 3. The number of carbonyl (C=O) groups excluding carboxylic acids is 1. The van der Waals surface area contributed by atoms with E-state index in [0.29, 0.717) is 6.26 Å². The van der Waals surface area contributed by atoms with E-state index in [-0.39, 0.29) is 11.3 Å². The highest BCUT2D eigenvalue weighted by Crippen LogP contribution is 2.31. The molecule has 7 nitrogen and oxygen atoms in total. The van der Waals surface area contributed by atoms with Crippen molar-refractivity contribution in [3.63, 3.8) is 0 Å². The number of amidine groups is 1. The maximum absolute atomic E-state index is 12.7. The van der Waals surface area contributed by atoms with Crippen LogP contribution in [-0.2, 0) is 15.8 Å². The first kappa shape index (κ1) is 19.7. The summed E-state index contributed by atoms with van der Waals surface area (Å²) in [5, 5.41) is 19.2. The van der Waals surface area contributed by atoms with Crippen LogP contribution in [0.1, 0.15) is 5.56 Å². The molecule has 0 radical (unpaired) electrons. The first-order valence-corrected chi connectivity index (χ1v) is 6.68. The van der Waals surface area contributed by atoms with Gasteiger partial charge >= 0.3 is 12.1 Å². The fourth-order valence-corrected chi connectivity index (χ4v) is 1.62. The number of nitrogens with two attached hydrogens (primary N) is 1. The Bertz CT molecular complexity index is 740. The summed E-state index contributed by atoms with van der Waals surface area (Å²) < 4.78 is 38.1. The summed E-state index contributed by atoms with van der Waals surface area (Å²) in [7, 11) is 0. The average Bonchev–Trinajstić information content (AvgIpc) is 2.52. The van der Waals surface area contributed by atoms with Crippen molar-refractivity contribution in [1.29, 1.82) is 0 Å². The standard InChI is InChI=1S/C15H14F3N3O4/c16-15(17,18)9-3-1-4-10(7-9)21-13(19)11(5-2-6-22)14(25)20-8-12(23)24/h1-7,22H,8H2,(H2,19,21)(H,20,25)(H,23,24). The number of aliphatic hydroxyl groups is 1. The lowest BCUT2D eigenvalue weighted by molar-refractivity contribution is -0.138. The molecule has 134 valence electrons. The highest BCUT2D eigenvalue weighted by Gasteiger charge is 2.30. The summed E-state index contributed by atoms with van der Waals surface area (Å²) in [5.74, 6) is -2.69. The van der Waals surface area contributed by atoms with Crippen LogP contribution in [0.25, 0.3) is 0 Å². The van der Waals surface area contributed by atoms with Gasteiger partial charge in [0.25, 0.3) is 5.91 Å². The van der Waals surface area contributed by atoms with Crippen molar-refractivity contribution >= 4 is 23.4 Å². The van der Waals surface area contributed by atoms with Gasteiger partial charge in [0.15, 0.2) is 0 Å². The lowest BCUT2D eigenvalue weighted by Gasteiger charge is -2.09. The van der Waals surface area contributed by atoms with Crippen molar-refractivity contribution in [2.75, 3.05) is 6.54 Å². The van der Waals surface area contributed by atoms with Gasteiger partial charge in [-0.1, -0.05) is 6.07 Å². The highest BCUT2D eigenvalue weighted by atomic mass is 19.4. The largest absolute Gasteiger partial charge is 0.516 e. The highest BCUT2D eigenvalue weighted by molar-refractivity contribution is 6.21. The van der Waals surface area contributed by atoms with Crippen molar-refractivity contribution in [1.82, 2.24) is 5.32 Å². The maximum atomic E-state index is 12.7. The van der Waals surface area contributed by atoms with E-state index in [1.165, 1.54) is 6.07 Å². The molecule has 0 unspecified atom stereocenters. The molecule has 0 aliphatic rings. The molecular weight excluding hydrogens is 343 g/mol. The number of carboxylic acids is 1. The van der Waals surface area contributed by atoms with Gasteiger partial charge in [0.1, 0.15) is 12.4 Å². The van der Waals surface area contributed by atoms with Crippen molar-refractivity contribution < 1.29 is 33.0 Å². The van der Waals surface area contributed by atoms with E-state index in [2.05, 4.69) is 4.99 Å². The topological polar surface area (TPSA) is 125 Å². The van der Waals surface area contributed by atoms with Gasteiger partial charge in [0.2, 0.25) is 0 Å². The van der Waals surface area contributed by atoms with Gasteiger partial charge in [-0.05, 0) is 30.4 Å². The Morgan fingerprint density at radius 3 is 2.56 bits per heavy atom. The SMILES string of the molecule is NC(=Nc1cccc(C(F)(F)F)c1)C(=CC=CO)C(=O)NCC(=O)O. The number of aliphatic imine (C=N–C) groups is 1. The van der Waals surface area contributed by atoms with Gasteiger partial charge in [-0.15, -0.1) is 0 Å². The molecule has 10 heteroatoms. The minimum absolute atomic E-state index is 0.155. The second-order valence-electron chi connectivity index (χ2n) is 4.54. The van der Waals surface area contributed by atoms with Crippen LogP contribution in [-0.4, -0.2) is 34.5 Å². The Labute approximate surface area is 140 Å². The zero-order valence-electron chi connectivity index (χ0n) is 12.6. The molecule has 0 fully saturated rings. The fourth-order valence-electron chi connectivity index (χ4n) is 1.62. The predicted molar refractivity (Wildman–Crippen MR) is 83.2 cm³/mol. The number of rotatable bonds is 6. The number of halogens is 3. The number of aliphatic carboxylic acids is 1. The second kappa shape index (κ2) is 8.52. The second-order valence-corrected chi connectivity index (χ2v) is 4.54. The summed E-state index contributed by atoms with van der Waals surface area (Å²) in [4.78, 5) is 26.1. The van der Waals surface area contributed by atoms with Crippen molar-refractivity contribution in [3.8, 4) is 0 Å². The van der Waals surface area contributed by atoms with Crippen molar-refractivity contribution in [3.05, 3.63) is 53.8 Å². The Kier molecular flexibility index (Phi) is 6.73. The Hall–Kier alpha value is -3.30. The zero-order chi connectivity index (χ0) is 19.0. The third-order valence-electron chi connectivity index (χ3n) is 2.69. The molecule has 0 aliphatic heterocycles. The van der Waals surface area contributed by atoms with Gasteiger partial charge in [0.05, 0.1) is 23.1 Å². The molecule has 1 amide bonds. The van der Waals surface area contributed by atoms with Crippen LogP contribution >= 0.6 is 0 Å². The molecule has 1 rings (SSSR count). The first-order valence-electron chi connectivity index (χ1n) is 6.68. The zero-order valence-corrected chi connectivity index (χ0v) is 12.6. The molecule has 25 heavy (non-hydrogen) atoms. The van der Waals surface area contributed by atoms with Gasteiger partial charge in [-0.3, -0.25) is 9.59 Å². The predicted octanol–water partition coefficient (Wildman–Crippen LogP) is 1.89. The quantitative estimate of drug-likeness (QED) is 0.203. The normalized spacial score (nSPS) is 13.1. The maximum Gasteiger partial charge on any atom is 0.416 e. The molecule has 0 heterocycles. The van der Waals surface area contributed by atoms with Crippen molar-refractivity contribution in [2.45, 2.75) is 6.18 Å². The van der Waals surface area contributed by atoms with Gasteiger partial charge in [-0.2, -0.15) is 13.2 Å². The first-order chi connectivity index (χ1) is 11.6. The van der Waals surface area contributed by atoms with Gasteiger partial charge < -0.3 is 21.3 Å². The van der Waals surface area contributed by atoms with Crippen molar-refractivity contribution in [2.24, 2.45) is 10.7 Å². The number of nitrogens with zero attached hydrogens (tertiary/aromatic N) is 1. The Morgan fingerprint density at radius 2 is 2.00 bits per heavy atom. The molecule has 0 aliphatic carbocycles. The number of benzene rings is 1. The number of allylic oxidation sites excluding steroid dienone is 2. The smallest absolute Gasteiger partial charge is 0.416 e. The molecule has 0 aromatic heterocycles. The van der Waals surface area contributed by atoms with Gasteiger partial charge in [-0.25, -0.2) is 4.99 Å². The molecule has 0 saturated heterocycles. The van der Waals surface area contributed by atoms with E-state index >= 15 is 0 Å². The fraction of sp³-hybridized carbons (Fsp3) is 0.133. The monoisotopic (exact) mass is 357 g/mol. The Balaban J connectivity index is 3.16. The van der Waals surface area contributed by atoms with E-state index in [1.54, 1.807) is 0 Å². The van der Waals surface area contributed by atoms with E-state index in [9.17, 15) is 22.8 Å². The van der Waals surface area contributed by atoms with Crippen LogP contribution in [0.2, 0.25) is 0 Å². The lowest BCUT2D eigenvalue weighted by atomic mass is 10.1. The van der Waals surface area contributed by atoms with E-state index in [1.807, 2.05) is 5.32 Å². The summed E-state index contributed by atoms with van der Waals surface area (Å²) >= 11 is 0. The van der Waals surface area contributed by atoms with Crippen LogP contribution in [0.3, 0.4) is 0 Å². The number of amides is 1. The van der Waals surface area contributed by atoms with E-state index < -0.39 is 36.0 Å². The van der Waals surface area contributed by atoms with Crippen LogP contribution in [0.4, 0.5) is 18.9 Å². The molecular formula is C15H14F3N3O4. The number of carboxylic acid groups (broad SMARTS) is 1. The van der Waals surface area contributed by atoms with Crippen LogP contribution in [0, 0.1) is 0 Å². The van der Waals surface area contributed by atoms with Crippen LogP contribution in [0.5, 0.6) is 0 Å². The van der Waals surface area contributed by atoms with Gasteiger partial charge in [0, 0.05) is 0 Å². The number of nitrogens with one attached hydrogen (secondary N) is 1. The lowest BCUT2D eigenvalue weighted by Crippen LogP contribution is -2.34. The summed E-state index contributed by atoms with van der Waals surface area (Å²) in [5.41, 5.74) is 4.20. The third-order valence-corrected chi connectivity index (χ3v) is 2.69. The van der Waals surface area contributed by atoms with E-state index in [0.717, 1.165) is 30.4 Å². The number of hydrogen-bond acceptors (Lipinski definition) is 4. The molecule has 5 N–H and O–H groups in total. The minimum Gasteiger partial charge on any atom is -0.516 e. The molecule has 0 spiro atoms. The molecule has 1 aromatic carbocycles. The third kappa shape index (κ3) is 6.37. The van der Waals surface area contributed by atoms with Crippen LogP contribution < -0.4 is 11.1 Å². The summed E-state index contributed by atoms with van der Waals surface area (Å²) in [6.45, 7) is -0.699. The van der Waals surface area contributed by atoms with E-state index in [4.69, 9.17) is 15.9 Å². The number of hydrogen-bond donors (Lipinski definition) is 4. The molecule has 0 bridgehead atoms. The number of carbonyl (C=O) groups is 2. The molecule has 0 saturated carbocycles. The Morgan fingerprint density at radius 1 is 1.32 bits per heavy atom. The summed E-state index contributed by atoms with van der Waals surface area (Å²) in [6.07, 6.45) is -1.94. The minimum atomic E-state index is -4.57. The summed E-state index contributed by atoms with van der Waals surface area (Å²) in [6, 6.07) is 3.95. The average molecular weight is 357 g/mol. The molecule has 0 atom stereocenters.